The van der Waals surface area contributed by atoms with Gasteiger partial charge in [0.15, 0.2) is 5.78 Å². The second-order valence-corrected chi connectivity index (χ2v) is 9.46. The molecule has 0 aliphatic heterocycles. The summed E-state index contributed by atoms with van der Waals surface area (Å²) in [6.07, 6.45) is 9.09. The third kappa shape index (κ3) is 2.59. The Labute approximate surface area is 166 Å². The third-order valence-corrected chi connectivity index (χ3v) is 8.16. The minimum atomic E-state index is -0.231. The van der Waals surface area contributed by atoms with Crippen molar-refractivity contribution in [2.45, 2.75) is 63.9 Å². The molecule has 2 saturated carbocycles. The molecule has 4 aliphatic rings. The summed E-state index contributed by atoms with van der Waals surface area (Å²) >= 11 is 0. The van der Waals surface area contributed by atoms with Crippen molar-refractivity contribution in [1.82, 2.24) is 0 Å². The Hall–Kier alpha value is -2.00. The summed E-state index contributed by atoms with van der Waals surface area (Å²) in [6.45, 7) is 2.29. The summed E-state index contributed by atoms with van der Waals surface area (Å²) in [5, 5.41) is 10.9. The van der Waals surface area contributed by atoms with E-state index in [0.29, 0.717) is 23.8 Å². The van der Waals surface area contributed by atoms with Gasteiger partial charge in [-0.25, -0.2) is 0 Å². The van der Waals surface area contributed by atoms with Gasteiger partial charge in [0.2, 0.25) is 0 Å². The minimum Gasteiger partial charge on any atom is -0.393 e. The van der Waals surface area contributed by atoms with Gasteiger partial charge in [-0.2, -0.15) is 0 Å². The Morgan fingerprint density at radius 2 is 1.86 bits per heavy atom. The Morgan fingerprint density at radius 1 is 1.07 bits per heavy atom. The van der Waals surface area contributed by atoms with E-state index in [4.69, 9.17) is 0 Å². The number of aliphatic hydroxyl groups is 1. The lowest BCUT2D eigenvalue weighted by molar-refractivity contribution is -0.114. The molecule has 0 spiro atoms. The molecular weight excluding hydrogens is 348 g/mol. The normalized spacial score (nSPS) is 37.1. The van der Waals surface area contributed by atoms with E-state index < -0.39 is 0 Å². The van der Waals surface area contributed by atoms with Crippen LogP contribution in [0.4, 0.5) is 0 Å². The number of hydrogen-bond acceptors (Lipinski definition) is 3. The first-order chi connectivity index (χ1) is 13.5. The first-order valence-electron chi connectivity index (χ1n) is 10.7. The Kier molecular flexibility index (Phi) is 4.20. The van der Waals surface area contributed by atoms with E-state index in [9.17, 15) is 14.7 Å². The zero-order valence-electron chi connectivity index (χ0n) is 16.5. The molecule has 0 radical (unpaired) electrons. The standard InChI is InChI=1S/C25H28O3/c1-25-13-21(16-4-2-15(14-26)3-5-16)24-19-9-7-18(27)12-17(19)6-8-20(24)22(25)10-11-23(25)28/h2-5,12,14,20-23,28H,6-11,13H2,1H3/t20?,21?,22?,23-,25?/m0/s1. The van der Waals surface area contributed by atoms with Crippen molar-refractivity contribution in [2.24, 2.45) is 17.3 Å². The van der Waals surface area contributed by atoms with Gasteiger partial charge < -0.3 is 5.11 Å². The van der Waals surface area contributed by atoms with Gasteiger partial charge in [-0.1, -0.05) is 36.8 Å². The Bertz CT molecular complexity index is 891. The number of aldehydes is 1. The number of ketones is 1. The predicted octanol–water partition coefficient (Wildman–Crippen LogP) is 4.76. The summed E-state index contributed by atoms with van der Waals surface area (Å²) in [7, 11) is 0. The Balaban J connectivity index is 1.67. The highest BCUT2D eigenvalue weighted by molar-refractivity contribution is 5.93. The predicted molar refractivity (Wildman–Crippen MR) is 108 cm³/mol. The van der Waals surface area contributed by atoms with Crippen LogP contribution in [0.25, 0.3) is 0 Å². The van der Waals surface area contributed by atoms with Crippen LogP contribution in [-0.2, 0) is 4.79 Å². The van der Waals surface area contributed by atoms with E-state index in [1.54, 1.807) is 5.57 Å². The lowest BCUT2D eigenvalue weighted by atomic mass is 9.53. The second kappa shape index (κ2) is 6.52. The van der Waals surface area contributed by atoms with Crippen LogP contribution in [0.15, 0.2) is 47.1 Å². The highest BCUT2D eigenvalue weighted by Gasteiger charge is 2.56. The molecule has 0 saturated heterocycles. The van der Waals surface area contributed by atoms with Crippen LogP contribution in [-0.4, -0.2) is 23.3 Å². The molecule has 3 nitrogen and oxygen atoms in total. The maximum absolute atomic E-state index is 12.0. The molecule has 0 bridgehead atoms. The maximum atomic E-state index is 12.0. The van der Waals surface area contributed by atoms with E-state index in [-0.39, 0.29) is 23.2 Å². The van der Waals surface area contributed by atoms with Gasteiger partial charge in [-0.15, -0.1) is 0 Å². The second-order valence-electron chi connectivity index (χ2n) is 9.46. The van der Waals surface area contributed by atoms with Crippen LogP contribution in [0.2, 0.25) is 0 Å². The Morgan fingerprint density at radius 3 is 2.61 bits per heavy atom. The average Bonchev–Trinajstić information content (AvgIpc) is 3.01. The summed E-state index contributed by atoms with van der Waals surface area (Å²) in [6, 6.07) is 8.00. The SMILES string of the molecule is CC12CC(c3ccc(C=O)cc3)C3=C4CCC(=O)C=C4CCC3C1CC[C@@H]2O. The van der Waals surface area contributed by atoms with Crippen molar-refractivity contribution < 1.29 is 14.7 Å². The number of allylic oxidation sites excluding steroid dienone is 4. The van der Waals surface area contributed by atoms with Gasteiger partial charge in [0.1, 0.15) is 6.29 Å². The number of rotatable bonds is 2. The molecule has 146 valence electrons. The summed E-state index contributed by atoms with van der Waals surface area (Å²) in [5.74, 6) is 1.58. The zero-order valence-corrected chi connectivity index (χ0v) is 16.5. The first-order valence-corrected chi connectivity index (χ1v) is 10.7. The van der Waals surface area contributed by atoms with Gasteiger partial charge in [0.05, 0.1) is 6.10 Å². The smallest absolute Gasteiger partial charge is 0.156 e. The van der Waals surface area contributed by atoms with E-state index >= 15 is 0 Å². The fourth-order valence-corrected chi connectivity index (χ4v) is 6.74. The molecular formula is C25H28O3. The van der Waals surface area contributed by atoms with Crippen molar-refractivity contribution in [1.29, 1.82) is 0 Å². The molecule has 0 amide bonds. The monoisotopic (exact) mass is 376 g/mol. The van der Waals surface area contributed by atoms with Gasteiger partial charge in [-0.3, -0.25) is 9.59 Å². The summed E-state index contributed by atoms with van der Waals surface area (Å²) in [5.41, 5.74) is 6.14. The highest BCUT2D eigenvalue weighted by atomic mass is 16.3. The van der Waals surface area contributed by atoms with E-state index in [1.165, 1.54) is 16.7 Å². The molecule has 3 heteroatoms. The largest absolute Gasteiger partial charge is 0.393 e. The summed E-state index contributed by atoms with van der Waals surface area (Å²) < 4.78 is 0. The van der Waals surface area contributed by atoms with Crippen LogP contribution in [0.5, 0.6) is 0 Å². The molecule has 4 aliphatic carbocycles. The van der Waals surface area contributed by atoms with E-state index in [1.807, 2.05) is 18.2 Å². The number of aliphatic hydroxyl groups excluding tert-OH is 1. The molecule has 4 unspecified atom stereocenters. The van der Waals surface area contributed by atoms with Gasteiger partial charge >= 0.3 is 0 Å². The third-order valence-electron chi connectivity index (χ3n) is 8.16. The van der Waals surface area contributed by atoms with Gasteiger partial charge in [-0.05, 0) is 78.6 Å². The van der Waals surface area contributed by atoms with E-state index in [0.717, 1.165) is 44.8 Å². The van der Waals surface area contributed by atoms with Crippen LogP contribution >= 0.6 is 0 Å². The molecule has 1 N–H and O–H groups in total. The number of carbonyl (C=O) groups is 2. The lowest BCUT2D eigenvalue weighted by Crippen LogP contribution is -2.45. The fourth-order valence-electron chi connectivity index (χ4n) is 6.74. The maximum Gasteiger partial charge on any atom is 0.156 e. The van der Waals surface area contributed by atoms with Crippen LogP contribution in [0, 0.1) is 17.3 Å². The van der Waals surface area contributed by atoms with E-state index in [2.05, 4.69) is 19.1 Å². The molecule has 5 atom stereocenters. The fraction of sp³-hybridized carbons (Fsp3) is 0.520. The van der Waals surface area contributed by atoms with Crippen molar-refractivity contribution in [3.8, 4) is 0 Å². The van der Waals surface area contributed by atoms with Crippen LogP contribution < -0.4 is 0 Å². The molecule has 1 aromatic carbocycles. The topological polar surface area (TPSA) is 54.4 Å². The molecule has 0 aromatic heterocycles. The van der Waals surface area contributed by atoms with Gasteiger partial charge in [0.25, 0.3) is 0 Å². The summed E-state index contributed by atoms with van der Waals surface area (Å²) in [4.78, 5) is 23.1. The van der Waals surface area contributed by atoms with Crippen LogP contribution in [0.1, 0.15) is 73.7 Å². The highest BCUT2D eigenvalue weighted by Crippen LogP contribution is 2.63. The minimum absolute atomic E-state index is 0.0472. The van der Waals surface area contributed by atoms with Crippen molar-refractivity contribution in [3.63, 3.8) is 0 Å². The van der Waals surface area contributed by atoms with Crippen molar-refractivity contribution in [2.75, 3.05) is 0 Å². The average molecular weight is 376 g/mol. The first kappa shape index (κ1) is 18.1. The lowest BCUT2D eigenvalue weighted by Gasteiger charge is -2.52. The number of hydrogen-bond donors (Lipinski definition) is 1. The quantitative estimate of drug-likeness (QED) is 0.757. The number of benzene rings is 1. The molecule has 1 aromatic rings. The molecule has 5 rings (SSSR count). The molecule has 0 heterocycles. The molecule has 2 fully saturated rings. The number of carbonyl (C=O) groups excluding carboxylic acids is 2. The van der Waals surface area contributed by atoms with Crippen LogP contribution in [0.3, 0.4) is 0 Å². The van der Waals surface area contributed by atoms with Crippen molar-refractivity contribution in [3.05, 3.63) is 58.2 Å². The van der Waals surface area contributed by atoms with Gasteiger partial charge in [0, 0.05) is 17.9 Å². The number of fused-ring (bicyclic) bond motifs is 4. The molecule has 28 heavy (non-hydrogen) atoms. The zero-order chi connectivity index (χ0) is 19.5. The van der Waals surface area contributed by atoms with Crippen molar-refractivity contribution >= 4 is 12.1 Å².